The second-order valence-electron chi connectivity index (χ2n) is 5.26. The molecule has 1 unspecified atom stereocenters. The van der Waals surface area contributed by atoms with Crippen LogP contribution in [0.1, 0.15) is 20.3 Å². The lowest BCUT2D eigenvalue weighted by molar-refractivity contribution is -0.118. The Morgan fingerprint density at radius 2 is 2.11 bits per heavy atom. The molecule has 1 atom stereocenters. The molecule has 0 aromatic heterocycles. The van der Waals surface area contributed by atoms with Gasteiger partial charge in [-0.3, -0.25) is 4.79 Å². The molecule has 0 radical (unpaired) electrons. The molecule has 0 aliphatic carbocycles. The summed E-state index contributed by atoms with van der Waals surface area (Å²) in [5, 5.41) is 0. The van der Waals surface area contributed by atoms with Crippen molar-refractivity contribution in [3.8, 4) is 5.75 Å². The van der Waals surface area contributed by atoms with Crippen molar-refractivity contribution in [2.75, 3.05) is 23.8 Å². The number of fused-ring (bicyclic) bond motifs is 1. The highest BCUT2D eigenvalue weighted by atomic mass is 32.1. The number of amides is 1. The van der Waals surface area contributed by atoms with Gasteiger partial charge in [-0.25, -0.2) is 0 Å². The van der Waals surface area contributed by atoms with Crippen LogP contribution in [-0.4, -0.2) is 24.8 Å². The van der Waals surface area contributed by atoms with Crippen molar-refractivity contribution in [1.29, 1.82) is 0 Å². The highest BCUT2D eigenvalue weighted by molar-refractivity contribution is 7.80. The van der Waals surface area contributed by atoms with Crippen LogP contribution in [0, 0.1) is 11.8 Å². The number of para-hydroxylation sites is 2. The third-order valence-corrected chi connectivity index (χ3v) is 4.09. The zero-order valence-electron chi connectivity index (χ0n) is 11.5. The second kappa shape index (κ2) is 6.33. The molecule has 3 nitrogen and oxygen atoms in total. The maximum absolute atomic E-state index is 12.3. The fourth-order valence-corrected chi connectivity index (χ4v) is 2.77. The third kappa shape index (κ3) is 3.24. The molecule has 0 saturated heterocycles. The summed E-state index contributed by atoms with van der Waals surface area (Å²) in [5.74, 6) is 2.61. The van der Waals surface area contributed by atoms with Crippen LogP contribution in [0.5, 0.6) is 5.75 Å². The van der Waals surface area contributed by atoms with Gasteiger partial charge < -0.3 is 9.64 Å². The van der Waals surface area contributed by atoms with Gasteiger partial charge in [0.25, 0.3) is 0 Å². The van der Waals surface area contributed by atoms with Gasteiger partial charge in [-0.1, -0.05) is 26.0 Å². The van der Waals surface area contributed by atoms with E-state index >= 15 is 0 Å². The average Bonchev–Trinajstić information content (AvgIpc) is 2.55. The Kier molecular flexibility index (Phi) is 4.75. The highest BCUT2D eigenvalue weighted by Gasteiger charge is 2.26. The summed E-state index contributed by atoms with van der Waals surface area (Å²) in [4.78, 5) is 14.1. The van der Waals surface area contributed by atoms with E-state index in [0.29, 0.717) is 31.4 Å². The number of hydrogen-bond acceptors (Lipinski definition) is 3. The van der Waals surface area contributed by atoms with Crippen molar-refractivity contribution in [2.24, 2.45) is 11.8 Å². The number of ether oxygens (including phenoxy) is 1. The van der Waals surface area contributed by atoms with Gasteiger partial charge in [0.1, 0.15) is 5.75 Å². The first-order valence-electron chi connectivity index (χ1n) is 6.76. The lowest BCUT2D eigenvalue weighted by Crippen LogP contribution is -2.37. The van der Waals surface area contributed by atoms with E-state index in [-0.39, 0.29) is 5.91 Å². The lowest BCUT2D eigenvalue weighted by Gasteiger charge is -2.28. The van der Waals surface area contributed by atoms with Crippen molar-refractivity contribution in [3.05, 3.63) is 24.3 Å². The van der Waals surface area contributed by atoms with Crippen LogP contribution in [0.25, 0.3) is 0 Å². The van der Waals surface area contributed by atoms with Crippen LogP contribution in [0.3, 0.4) is 0 Å². The summed E-state index contributed by atoms with van der Waals surface area (Å²) in [6, 6.07) is 7.75. The van der Waals surface area contributed by atoms with E-state index in [0.717, 1.165) is 17.2 Å². The molecule has 0 saturated carbocycles. The van der Waals surface area contributed by atoms with E-state index in [1.54, 1.807) is 0 Å². The predicted molar refractivity (Wildman–Crippen MR) is 81.1 cm³/mol. The van der Waals surface area contributed by atoms with Crippen LogP contribution in [0.15, 0.2) is 24.3 Å². The molecule has 0 bridgehead atoms. The van der Waals surface area contributed by atoms with Crippen LogP contribution in [-0.2, 0) is 4.79 Å². The summed E-state index contributed by atoms with van der Waals surface area (Å²) < 4.78 is 5.64. The molecular formula is C15H21NO2S. The van der Waals surface area contributed by atoms with Gasteiger partial charge in [-0.05, 0) is 29.7 Å². The maximum atomic E-state index is 12.3. The molecule has 0 spiro atoms. The Bertz CT molecular complexity index is 448. The molecule has 1 heterocycles. The molecule has 104 valence electrons. The molecule has 19 heavy (non-hydrogen) atoms. The molecular weight excluding hydrogens is 258 g/mol. The number of carbonyl (C=O) groups excluding carboxylic acids is 1. The first-order chi connectivity index (χ1) is 9.13. The second-order valence-corrected chi connectivity index (χ2v) is 5.62. The van der Waals surface area contributed by atoms with Crippen LogP contribution < -0.4 is 9.64 Å². The van der Waals surface area contributed by atoms with Crippen molar-refractivity contribution in [1.82, 2.24) is 0 Å². The minimum atomic E-state index is 0.136. The number of nitrogens with zero attached hydrogens (tertiary/aromatic N) is 1. The third-order valence-electron chi connectivity index (χ3n) is 3.62. The quantitative estimate of drug-likeness (QED) is 0.859. The van der Waals surface area contributed by atoms with E-state index < -0.39 is 0 Å². The van der Waals surface area contributed by atoms with Gasteiger partial charge in [-0.15, -0.1) is 0 Å². The van der Waals surface area contributed by atoms with E-state index in [1.165, 1.54) is 0 Å². The zero-order valence-corrected chi connectivity index (χ0v) is 12.4. The standard InChI is InChI=1S/C15H21NO2S/c1-11(2)12(10-19)9-16-13-5-3-4-6-14(13)18-8-7-15(16)17/h3-6,11-12,19H,7-10H2,1-2H3. The summed E-state index contributed by atoms with van der Waals surface area (Å²) >= 11 is 4.41. The Hall–Kier alpha value is -1.16. The molecule has 1 aromatic carbocycles. The smallest absolute Gasteiger partial charge is 0.230 e. The van der Waals surface area contributed by atoms with E-state index in [2.05, 4.69) is 26.5 Å². The average molecular weight is 279 g/mol. The maximum Gasteiger partial charge on any atom is 0.230 e. The number of benzene rings is 1. The SMILES string of the molecule is CC(C)C(CS)CN1C(=O)CCOc2ccccc21. The molecule has 1 amide bonds. The molecule has 2 rings (SSSR count). The Morgan fingerprint density at radius 3 is 2.79 bits per heavy atom. The molecule has 4 heteroatoms. The van der Waals surface area contributed by atoms with Crippen molar-refractivity contribution < 1.29 is 9.53 Å². The van der Waals surface area contributed by atoms with Crippen LogP contribution in [0.2, 0.25) is 0 Å². The van der Waals surface area contributed by atoms with E-state index in [9.17, 15) is 4.79 Å². The normalized spacial score (nSPS) is 16.8. The largest absolute Gasteiger partial charge is 0.491 e. The van der Waals surface area contributed by atoms with Gasteiger partial charge in [0.15, 0.2) is 0 Å². The first-order valence-corrected chi connectivity index (χ1v) is 7.39. The van der Waals surface area contributed by atoms with Crippen molar-refractivity contribution in [3.63, 3.8) is 0 Å². The molecule has 1 aliphatic heterocycles. The van der Waals surface area contributed by atoms with Gasteiger partial charge in [0.05, 0.1) is 18.7 Å². The fourth-order valence-electron chi connectivity index (χ4n) is 2.23. The number of rotatable bonds is 4. The Balaban J connectivity index is 2.28. The summed E-state index contributed by atoms with van der Waals surface area (Å²) in [5.41, 5.74) is 0.887. The van der Waals surface area contributed by atoms with Crippen molar-refractivity contribution >= 4 is 24.2 Å². The fraction of sp³-hybridized carbons (Fsp3) is 0.533. The van der Waals surface area contributed by atoms with E-state index in [1.807, 2.05) is 29.2 Å². The van der Waals surface area contributed by atoms with Gasteiger partial charge in [0, 0.05) is 6.54 Å². The van der Waals surface area contributed by atoms with Crippen LogP contribution in [0.4, 0.5) is 5.69 Å². The summed E-state index contributed by atoms with van der Waals surface area (Å²) in [7, 11) is 0. The van der Waals surface area contributed by atoms with Gasteiger partial charge >= 0.3 is 0 Å². The predicted octanol–water partition coefficient (Wildman–Crippen LogP) is 3.00. The Morgan fingerprint density at radius 1 is 1.37 bits per heavy atom. The highest BCUT2D eigenvalue weighted by Crippen LogP contribution is 2.32. The topological polar surface area (TPSA) is 29.5 Å². The first kappa shape index (κ1) is 14.3. The van der Waals surface area contributed by atoms with Gasteiger partial charge in [-0.2, -0.15) is 12.6 Å². The van der Waals surface area contributed by atoms with Crippen molar-refractivity contribution in [2.45, 2.75) is 20.3 Å². The lowest BCUT2D eigenvalue weighted by atomic mass is 9.97. The molecule has 0 N–H and O–H groups in total. The number of hydrogen-bond donors (Lipinski definition) is 1. The zero-order chi connectivity index (χ0) is 13.8. The van der Waals surface area contributed by atoms with Gasteiger partial charge in [0.2, 0.25) is 5.91 Å². The molecule has 0 fully saturated rings. The summed E-state index contributed by atoms with van der Waals surface area (Å²) in [6.45, 7) is 5.51. The van der Waals surface area contributed by atoms with E-state index in [4.69, 9.17) is 4.74 Å². The number of anilines is 1. The molecule has 1 aromatic rings. The number of thiol groups is 1. The minimum absolute atomic E-state index is 0.136. The monoisotopic (exact) mass is 279 g/mol. The number of carbonyl (C=O) groups is 1. The Labute approximate surface area is 120 Å². The summed E-state index contributed by atoms with van der Waals surface area (Å²) in [6.07, 6.45) is 0.437. The minimum Gasteiger partial charge on any atom is -0.491 e. The molecule has 1 aliphatic rings. The van der Waals surface area contributed by atoms with Crippen LogP contribution >= 0.6 is 12.6 Å².